The summed E-state index contributed by atoms with van der Waals surface area (Å²) < 4.78 is 5.62. The average molecular weight is 208 g/mol. The predicted molar refractivity (Wildman–Crippen MR) is 62.6 cm³/mol. The van der Waals surface area contributed by atoms with E-state index in [0.717, 1.165) is 5.56 Å². The fourth-order valence-electron chi connectivity index (χ4n) is 1.31. The molecule has 0 amide bonds. The van der Waals surface area contributed by atoms with Crippen molar-refractivity contribution >= 4 is 0 Å². The van der Waals surface area contributed by atoms with Crippen LogP contribution in [-0.2, 0) is 0 Å². The summed E-state index contributed by atoms with van der Waals surface area (Å²) >= 11 is 0. The predicted octanol–water partition coefficient (Wildman–Crippen LogP) is 3.69. The fourth-order valence-corrected chi connectivity index (χ4v) is 1.31. The van der Waals surface area contributed by atoms with Gasteiger partial charge in [-0.05, 0) is 44.4 Å². The Bertz CT molecular complexity index is 335. The van der Waals surface area contributed by atoms with Crippen molar-refractivity contribution in [3.05, 3.63) is 23.8 Å². The molecule has 84 valence electrons. The minimum Gasteiger partial charge on any atom is -0.504 e. The highest BCUT2D eigenvalue weighted by atomic mass is 16.5. The molecule has 1 aromatic carbocycles. The molecule has 0 radical (unpaired) electrons. The van der Waals surface area contributed by atoms with Crippen molar-refractivity contribution in [1.29, 1.82) is 0 Å². The van der Waals surface area contributed by atoms with Crippen LogP contribution in [0.15, 0.2) is 18.2 Å². The van der Waals surface area contributed by atoms with E-state index in [1.54, 1.807) is 6.07 Å². The second-order valence-electron chi connectivity index (χ2n) is 5.10. The van der Waals surface area contributed by atoms with Gasteiger partial charge in [0, 0.05) is 0 Å². The summed E-state index contributed by atoms with van der Waals surface area (Å²) in [6, 6.07) is 5.59. The molecule has 1 rings (SSSR count). The highest BCUT2D eigenvalue weighted by Crippen LogP contribution is 2.31. The zero-order valence-corrected chi connectivity index (χ0v) is 10.2. The molecule has 0 unspecified atom stereocenters. The normalized spacial score (nSPS) is 11.9. The lowest BCUT2D eigenvalue weighted by Crippen LogP contribution is -2.22. The van der Waals surface area contributed by atoms with E-state index in [4.69, 9.17) is 4.74 Å². The second kappa shape index (κ2) is 4.13. The summed E-state index contributed by atoms with van der Waals surface area (Å²) in [5.41, 5.74) is 0.838. The standard InChI is InChI=1S/C13H20O2/c1-9(2)10-6-7-12(11(14)8-10)15-13(3,4)5/h6-9,14H,1-5H3. The molecule has 1 N–H and O–H groups in total. The molecule has 0 atom stereocenters. The lowest BCUT2D eigenvalue weighted by atomic mass is 10.0. The average Bonchev–Trinajstić information content (AvgIpc) is 2.05. The Kier molecular flexibility index (Phi) is 3.28. The van der Waals surface area contributed by atoms with Crippen LogP contribution >= 0.6 is 0 Å². The summed E-state index contributed by atoms with van der Waals surface area (Å²) in [5.74, 6) is 1.18. The van der Waals surface area contributed by atoms with Gasteiger partial charge in [0.2, 0.25) is 0 Å². The highest BCUT2D eigenvalue weighted by molar-refractivity contribution is 5.42. The van der Waals surface area contributed by atoms with Crippen LogP contribution in [0.5, 0.6) is 11.5 Å². The van der Waals surface area contributed by atoms with E-state index in [-0.39, 0.29) is 11.4 Å². The molecule has 0 spiro atoms. The number of hydrogen-bond donors (Lipinski definition) is 1. The number of benzene rings is 1. The van der Waals surface area contributed by atoms with Gasteiger partial charge >= 0.3 is 0 Å². The molecule has 0 saturated heterocycles. The van der Waals surface area contributed by atoms with Crippen molar-refractivity contribution in [2.75, 3.05) is 0 Å². The van der Waals surface area contributed by atoms with Crippen LogP contribution in [0.2, 0.25) is 0 Å². The summed E-state index contributed by atoms with van der Waals surface area (Å²) in [4.78, 5) is 0. The molecule has 0 bridgehead atoms. The van der Waals surface area contributed by atoms with Gasteiger partial charge in [0.1, 0.15) is 5.60 Å². The van der Waals surface area contributed by atoms with Crippen molar-refractivity contribution in [1.82, 2.24) is 0 Å². The number of ether oxygens (including phenoxy) is 1. The number of rotatable bonds is 2. The molecular weight excluding hydrogens is 188 g/mol. The van der Waals surface area contributed by atoms with Gasteiger partial charge in [-0.2, -0.15) is 0 Å². The lowest BCUT2D eigenvalue weighted by Gasteiger charge is -2.22. The molecule has 0 aliphatic rings. The zero-order valence-electron chi connectivity index (χ0n) is 10.2. The maximum atomic E-state index is 9.78. The first-order valence-electron chi connectivity index (χ1n) is 5.31. The Balaban J connectivity index is 2.94. The molecule has 0 heterocycles. The van der Waals surface area contributed by atoms with Crippen LogP contribution in [0.3, 0.4) is 0 Å². The van der Waals surface area contributed by atoms with E-state index >= 15 is 0 Å². The van der Waals surface area contributed by atoms with Gasteiger partial charge < -0.3 is 9.84 Å². The number of aromatic hydroxyl groups is 1. The van der Waals surface area contributed by atoms with Crippen molar-refractivity contribution < 1.29 is 9.84 Å². The molecule has 0 saturated carbocycles. The van der Waals surface area contributed by atoms with Crippen LogP contribution in [0.4, 0.5) is 0 Å². The molecule has 15 heavy (non-hydrogen) atoms. The SMILES string of the molecule is CC(C)c1ccc(OC(C)(C)C)c(O)c1. The smallest absolute Gasteiger partial charge is 0.161 e. The Hall–Kier alpha value is -1.18. The first kappa shape index (κ1) is 11.9. The van der Waals surface area contributed by atoms with Crippen molar-refractivity contribution in [2.45, 2.75) is 46.1 Å². The quantitative estimate of drug-likeness (QED) is 0.803. The monoisotopic (exact) mass is 208 g/mol. The van der Waals surface area contributed by atoms with Crippen LogP contribution < -0.4 is 4.74 Å². The third-order valence-corrected chi connectivity index (χ3v) is 2.07. The first-order valence-corrected chi connectivity index (χ1v) is 5.31. The van der Waals surface area contributed by atoms with Crippen molar-refractivity contribution in [2.24, 2.45) is 0 Å². The molecule has 1 aromatic rings. The fraction of sp³-hybridized carbons (Fsp3) is 0.538. The second-order valence-corrected chi connectivity index (χ2v) is 5.10. The first-order chi connectivity index (χ1) is 6.79. The molecule has 2 heteroatoms. The number of phenolic OH excluding ortho intramolecular Hbond substituents is 1. The number of hydrogen-bond acceptors (Lipinski definition) is 2. The Morgan fingerprint density at radius 1 is 1.20 bits per heavy atom. The summed E-state index contributed by atoms with van der Waals surface area (Å²) in [7, 11) is 0. The van der Waals surface area contributed by atoms with E-state index in [9.17, 15) is 5.11 Å². The van der Waals surface area contributed by atoms with E-state index in [1.165, 1.54) is 0 Å². The maximum absolute atomic E-state index is 9.78. The van der Waals surface area contributed by atoms with Crippen molar-refractivity contribution in [3.8, 4) is 11.5 Å². The molecular formula is C13H20O2. The van der Waals surface area contributed by atoms with E-state index in [2.05, 4.69) is 13.8 Å². The third-order valence-electron chi connectivity index (χ3n) is 2.07. The van der Waals surface area contributed by atoms with Crippen LogP contribution in [0.1, 0.15) is 46.1 Å². The maximum Gasteiger partial charge on any atom is 0.161 e. The van der Waals surface area contributed by atoms with E-state index in [0.29, 0.717) is 11.7 Å². The summed E-state index contributed by atoms with van der Waals surface area (Å²) in [6.07, 6.45) is 0. The zero-order chi connectivity index (χ0) is 11.6. The molecule has 0 aromatic heterocycles. The van der Waals surface area contributed by atoms with Crippen molar-refractivity contribution in [3.63, 3.8) is 0 Å². The topological polar surface area (TPSA) is 29.5 Å². The largest absolute Gasteiger partial charge is 0.504 e. The summed E-state index contributed by atoms with van der Waals surface area (Å²) in [5, 5.41) is 9.78. The van der Waals surface area contributed by atoms with Crippen LogP contribution in [0.25, 0.3) is 0 Å². The molecule has 0 aliphatic carbocycles. The minimum absolute atomic E-state index is 0.219. The molecule has 0 fully saturated rings. The van der Waals surface area contributed by atoms with Gasteiger partial charge in [-0.3, -0.25) is 0 Å². The molecule has 0 aliphatic heterocycles. The number of phenols is 1. The van der Waals surface area contributed by atoms with Crippen LogP contribution in [-0.4, -0.2) is 10.7 Å². The Morgan fingerprint density at radius 2 is 1.80 bits per heavy atom. The van der Waals surface area contributed by atoms with E-state index < -0.39 is 0 Å². The van der Waals surface area contributed by atoms with Gasteiger partial charge in [-0.25, -0.2) is 0 Å². The Labute approximate surface area is 91.9 Å². The highest BCUT2D eigenvalue weighted by Gasteiger charge is 2.15. The van der Waals surface area contributed by atoms with Gasteiger partial charge in [-0.15, -0.1) is 0 Å². The molecule has 2 nitrogen and oxygen atoms in total. The lowest BCUT2D eigenvalue weighted by molar-refractivity contribution is 0.126. The van der Waals surface area contributed by atoms with Gasteiger partial charge in [0.15, 0.2) is 11.5 Å². The van der Waals surface area contributed by atoms with Gasteiger partial charge in [-0.1, -0.05) is 19.9 Å². The summed E-state index contributed by atoms with van der Waals surface area (Å²) in [6.45, 7) is 10.1. The third kappa shape index (κ3) is 3.46. The van der Waals surface area contributed by atoms with E-state index in [1.807, 2.05) is 32.9 Å². The Morgan fingerprint density at radius 3 is 2.20 bits per heavy atom. The van der Waals surface area contributed by atoms with Gasteiger partial charge in [0.05, 0.1) is 0 Å². The minimum atomic E-state index is -0.281. The van der Waals surface area contributed by atoms with Gasteiger partial charge in [0.25, 0.3) is 0 Å². The van der Waals surface area contributed by atoms with Crippen LogP contribution in [0, 0.1) is 0 Å².